The summed E-state index contributed by atoms with van der Waals surface area (Å²) in [6.45, 7) is 11.6. The minimum Gasteiger partial charge on any atom is -0.465 e. The van der Waals surface area contributed by atoms with Gasteiger partial charge in [-0.05, 0) is 77.4 Å². The number of carbonyl (C=O) groups is 4. The Morgan fingerprint density at radius 1 is 0.714 bits per heavy atom. The summed E-state index contributed by atoms with van der Waals surface area (Å²) in [5, 5.41) is 32.4. The van der Waals surface area contributed by atoms with Crippen LogP contribution in [0.2, 0.25) is 0 Å². The molecule has 2 aliphatic rings. The Kier molecular flexibility index (Phi) is 10.0. The number of hydrogen-bond acceptors (Lipinski definition) is 7. The number of benzene rings is 2. The number of carbonyl (C=O) groups excluding carboxylic acids is 2. The van der Waals surface area contributed by atoms with Gasteiger partial charge in [-0.1, -0.05) is 24.3 Å². The zero-order valence-corrected chi connectivity index (χ0v) is 28.5. The molecule has 262 valence electrons. The molecule has 2 aliphatic heterocycles. The highest BCUT2D eigenvalue weighted by Crippen LogP contribution is 2.29. The van der Waals surface area contributed by atoms with E-state index in [1.165, 1.54) is 0 Å². The first-order valence-electron chi connectivity index (χ1n) is 16.2. The Balaban J connectivity index is 1.18. The number of anilines is 2. The summed E-state index contributed by atoms with van der Waals surface area (Å²) < 4.78 is 11.9. The van der Waals surface area contributed by atoms with Crippen molar-refractivity contribution in [2.45, 2.75) is 89.9 Å². The number of nitrogens with zero attached hydrogens (tertiary/aromatic N) is 3. The van der Waals surface area contributed by atoms with Crippen molar-refractivity contribution in [1.82, 2.24) is 20.0 Å². The molecule has 2 aromatic carbocycles. The van der Waals surface area contributed by atoms with Gasteiger partial charge >= 0.3 is 12.2 Å². The molecule has 0 spiro atoms. The highest BCUT2D eigenvalue weighted by Gasteiger charge is 2.42. The molecule has 14 heteroatoms. The van der Waals surface area contributed by atoms with E-state index >= 15 is 0 Å². The van der Waals surface area contributed by atoms with Gasteiger partial charge in [0.2, 0.25) is 11.8 Å². The zero-order valence-electron chi connectivity index (χ0n) is 28.5. The van der Waals surface area contributed by atoms with Gasteiger partial charge in [-0.25, -0.2) is 9.59 Å². The first kappa shape index (κ1) is 35.4. The molecule has 0 bridgehead atoms. The molecule has 49 heavy (non-hydrogen) atoms. The normalized spacial score (nSPS) is 21.1. The van der Waals surface area contributed by atoms with Crippen LogP contribution in [0, 0.1) is 0 Å². The number of rotatable bonds is 8. The quantitative estimate of drug-likeness (QED) is 0.206. The second-order valence-electron chi connectivity index (χ2n) is 14.4. The van der Waals surface area contributed by atoms with Crippen LogP contribution in [0.4, 0.5) is 21.0 Å². The summed E-state index contributed by atoms with van der Waals surface area (Å²) in [4.78, 5) is 52.0. The summed E-state index contributed by atoms with van der Waals surface area (Å²) in [5.41, 5.74) is 3.15. The molecule has 1 aromatic heterocycles. The Morgan fingerprint density at radius 2 is 1.12 bits per heavy atom. The van der Waals surface area contributed by atoms with Crippen LogP contribution >= 0.6 is 0 Å². The van der Waals surface area contributed by atoms with Gasteiger partial charge in [-0.3, -0.25) is 24.5 Å². The van der Waals surface area contributed by atoms with Crippen LogP contribution in [0.3, 0.4) is 0 Å². The third-order valence-corrected chi connectivity index (χ3v) is 8.15. The van der Waals surface area contributed by atoms with Crippen LogP contribution in [0.5, 0.6) is 0 Å². The van der Waals surface area contributed by atoms with Crippen LogP contribution in [0.1, 0.15) is 54.4 Å². The Bertz CT molecular complexity index is 1550. The molecule has 4 atom stereocenters. The molecule has 0 radical (unpaired) electrons. The van der Waals surface area contributed by atoms with E-state index in [9.17, 15) is 29.4 Å². The lowest BCUT2D eigenvalue weighted by Gasteiger charge is -2.24. The average molecular weight is 677 g/mol. The molecule has 4 amide bonds. The zero-order chi connectivity index (χ0) is 35.7. The van der Waals surface area contributed by atoms with E-state index in [1.807, 2.05) is 71.9 Å². The van der Waals surface area contributed by atoms with Crippen molar-refractivity contribution in [1.29, 1.82) is 0 Å². The summed E-state index contributed by atoms with van der Waals surface area (Å²) >= 11 is 0. The van der Waals surface area contributed by atoms with Gasteiger partial charge < -0.3 is 30.3 Å². The van der Waals surface area contributed by atoms with Crippen molar-refractivity contribution in [3.8, 4) is 22.5 Å². The van der Waals surface area contributed by atoms with E-state index in [2.05, 4.69) is 20.8 Å². The smallest absolute Gasteiger partial charge is 0.408 e. The van der Waals surface area contributed by atoms with Crippen molar-refractivity contribution in [3.63, 3.8) is 0 Å². The fourth-order valence-electron chi connectivity index (χ4n) is 6.21. The molecule has 0 saturated carbocycles. The average Bonchev–Trinajstić information content (AvgIpc) is 3.75. The number of ether oxygens (including phenoxy) is 2. The Labute approximate surface area is 284 Å². The van der Waals surface area contributed by atoms with E-state index < -0.39 is 47.3 Å². The monoisotopic (exact) mass is 676 g/mol. The van der Waals surface area contributed by atoms with Gasteiger partial charge in [0.1, 0.15) is 12.1 Å². The van der Waals surface area contributed by atoms with Crippen molar-refractivity contribution < 1.29 is 38.9 Å². The van der Waals surface area contributed by atoms with Crippen molar-refractivity contribution in [3.05, 3.63) is 54.6 Å². The van der Waals surface area contributed by atoms with Gasteiger partial charge in [-0.15, -0.1) is 0 Å². The number of amides is 4. The van der Waals surface area contributed by atoms with Gasteiger partial charge in [0.25, 0.3) is 0 Å². The predicted molar refractivity (Wildman–Crippen MR) is 182 cm³/mol. The van der Waals surface area contributed by atoms with Crippen LogP contribution in [0.15, 0.2) is 54.6 Å². The fourth-order valence-corrected chi connectivity index (χ4v) is 6.21. The molecule has 5 rings (SSSR count). The number of aromatic nitrogens is 2. The van der Waals surface area contributed by atoms with E-state index in [-0.39, 0.29) is 38.1 Å². The van der Waals surface area contributed by atoms with Crippen molar-refractivity contribution in [2.24, 2.45) is 0 Å². The minimum atomic E-state index is -1.17. The maximum absolute atomic E-state index is 13.1. The number of hydrogen-bond donors (Lipinski definition) is 5. The van der Waals surface area contributed by atoms with E-state index in [0.717, 1.165) is 26.6 Å². The number of aromatic amines is 1. The van der Waals surface area contributed by atoms with E-state index in [4.69, 9.17) is 9.47 Å². The first-order chi connectivity index (χ1) is 23.0. The predicted octanol–water partition coefficient (Wildman–Crippen LogP) is 5.49. The third-order valence-electron chi connectivity index (χ3n) is 8.15. The van der Waals surface area contributed by atoms with Gasteiger partial charge in [0.15, 0.2) is 0 Å². The summed E-state index contributed by atoms with van der Waals surface area (Å²) in [6.07, 6.45) is -2.53. The van der Waals surface area contributed by atoms with Gasteiger partial charge in [0, 0.05) is 29.8 Å². The third kappa shape index (κ3) is 8.95. The molecule has 3 aromatic rings. The summed E-state index contributed by atoms with van der Waals surface area (Å²) in [7, 11) is 0. The lowest BCUT2D eigenvalue weighted by Crippen LogP contribution is -2.42. The standard InChI is InChI=1S/C35H44N6O8/c1-34(2,3)48-24-15-28(40(18-24)32(44)45)30(42)36-22-11-7-20(8-12-22)26-17-27(39-38-26)21-9-13-23(14-10-21)37-31(43)29-16-25(49-35(4,5)6)19-41(29)33(46)47/h7-14,17,24-25,28-29H,15-16,18-19H2,1-6H3,(H,36,42)(H,37,43)(H,38,39)(H,44,45)(H,46,47)/t24-,25-,28+,29+/m1/s1. The highest BCUT2D eigenvalue weighted by molar-refractivity contribution is 5.98. The lowest BCUT2D eigenvalue weighted by atomic mass is 10.1. The van der Waals surface area contributed by atoms with Crippen LogP contribution in [0.25, 0.3) is 22.5 Å². The number of carboxylic acid groups (broad SMARTS) is 2. The SMILES string of the molecule is CC(C)(C)O[C@@H]1C[C@@H](C(=O)Nc2ccc(-c3cc(-c4ccc(NC(=O)[C@@H]5C[C@@H](OC(C)(C)C)CN5C(=O)O)cc4)[nH]n3)cc2)N(C(=O)O)C1. The minimum absolute atomic E-state index is 0.128. The summed E-state index contributed by atoms with van der Waals surface area (Å²) in [6, 6.07) is 14.4. The second-order valence-corrected chi connectivity index (χ2v) is 14.4. The molecule has 2 fully saturated rings. The van der Waals surface area contributed by atoms with Crippen LogP contribution in [-0.2, 0) is 19.1 Å². The molecule has 2 saturated heterocycles. The first-order valence-corrected chi connectivity index (χ1v) is 16.2. The van der Waals surface area contributed by atoms with Gasteiger partial charge in [0.05, 0.1) is 47.9 Å². The van der Waals surface area contributed by atoms with Crippen LogP contribution < -0.4 is 10.6 Å². The Hall–Kier alpha value is -4.95. The molecule has 3 heterocycles. The molecular formula is C35H44N6O8. The van der Waals surface area contributed by atoms with E-state index in [1.54, 1.807) is 24.3 Å². The van der Waals surface area contributed by atoms with Gasteiger partial charge in [-0.2, -0.15) is 5.10 Å². The lowest BCUT2D eigenvalue weighted by molar-refractivity contribution is -0.120. The maximum Gasteiger partial charge on any atom is 0.408 e. The largest absolute Gasteiger partial charge is 0.465 e. The molecule has 5 N–H and O–H groups in total. The maximum atomic E-state index is 13.1. The molecule has 0 unspecified atom stereocenters. The summed E-state index contributed by atoms with van der Waals surface area (Å²) in [5.74, 6) is -0.835. The van der Waals surface area contributed by atoms with Crippen LogP contribution in [-0.4, -0.2) is 103 Å². The fraction of sp³-hybridized carbons (Fsp3) is 0.457. The molecular weight excluding hydrogens is 632 g/mol. The van der Waals surface area contributed by atoms with Crippen molar-refractivity contribution in [2.75, 3.05) is 23.7 Å². The topological polar surface area (TPSA) is 186 Å². The number of likely N-dealkylation sites (tertiary alicyclic amines) is 2. The molecule has 14 nitrogen and oxygen atoms in total. The van der Waals surface area contributed by atoms with Crippen molar-refractivity contribution >= 4 is 35.4 Å². The molecule has 0 aliphatic carbocycles. The van der Waals surface area contributed by atoms with E-state index in [0.29, 0.717) is 17.1 Å². The number of H-pyrrole nitrogens is 1. The Morgan fingerprint density at radius 3 is 1.51 bits per heavy atom. The number of nitrogens with one attached hydrogen (secondary N) is 3. The second kappa shape index (κ2) is 13.9. The highest BCUT2D eigenvalue weighted by atomic mass is 16.5.